The Morgan fingerprint density at radius 3 is 2.14 bits per heavy atom. The molecule has 0 amide bonds. The minimum atomic E-state index is 0.820. The first-order valence-corrected chi connectivity index (χ1v) is 11.3. The number of benzene rings is 1. The fourth-order valence-corrected chi connectivity index (χ4v) is 4.32. The van der Waals surface area contributed by atoms with Crippen LogP contribution in [-0.4, -0.2) is 16.6 Å². The normalized spacial score (nSPS) is 19.5. The lowest BCUT2D eigenvalue weighted by Crippen LogP contribution is -2.15. The predicted molar refractivity (Wildman–Crippen MR) is 117 cm³/mol. The Morgan fingerprint density at radius 2 is 1.54 bits per heavy atom. The summed E-state index contributed by atoms with van der Waals surface area (Å²) in [5.74, 6) is 2.88. The SMILES string of the molecule is CCCCCC1CCC(CCCOc2ccc(-c3cnc(C)cn3)cc2)CC1. The van der Waals surface area contributed by atoms with Crippen molar-refractivity contribution in [3.63, 3.8) is 0 Å². The van der Waals surface area contributed by atoms with Gasteiger partial charge in [-0.15, -0.1) is 0 Å². The number of rotatable bonds is 10. The molecule has 1 aromatic carbocycles. The van der Waals surface area contributed by atoms with Crippen LogP contribution in [0.15, 0.2) is 36.7 Å². The van der Waals surface area contributed by atoms with E-state index in [0.717, 1.165) is 47.6 Å². The number of nitrogens with zero attached hydrogens (tertiary/aromatic N) is 2. The lowest BCUT2D eigenvalue weighted by atomic mass is 9.78. The van der Waals surface area contributed by atoms with Crippen molar-refractivity contribution in [1.29, 1.82) is 0 Å². The van der Waals surface area contributed by atoms with E-state index in [2.05, 4.69) is 29.0 Å². The summed E-state index contributed by atoms with van der Waals surface area (Å²) < 4.78 is 5.96. The van der Waals surface area contributed by atoms with Crippen molar-refractivity contribution >= 4 is 0 Å². The summed E-state index contributed by atoms with van der Waals surface area (Å²) >= 11 is 0. The lowest BCUT2D eigenvalue weighted by Gasteiger charge is -2.28. The van der Waals surface area contributed by atoms with E-state index in [1.807, 2.05) is 25.3 Å². The van der Waals surface area contributed by atoms with E-state index >= 15 is 0 Å². The van der Waals surface area contributed by atoms with Gasteiger partial charge >= 0.3 is 0 Å². The van der Waals surface area contributed by atoms with Gasteiger partial charge in [-0.3, -0.25) is 9.97 Å². The molecule has 1 fully saturated rings. The van der Waals surface area contributed by atoms with Gasteiger partial charge in [0.15, 0.2) is 0 Å². The molecule has 1 saturated carbocycles. The van der Waals surface area contributed by atoms with Gasteiger partial charge in [0.05, 0.1) is 24.2 Å². The van der Waals surface area contributed by atoms with Crippen LogP contribution >= 0.6 is 0 Å². The highest BCUT2D eigenvalue weighted by Crippen LogP contribution is 2.34. The first-order valence-electron chi connectivity index (χ1n) is 11.3. The molecule has 0 unspecified atom stereocenters. The molecule has 1 aliphatic carbocycles. The minimum Gasteiger partial charge on any atom is -0.494 e. The standard InChI is InChI=1S/C25H36N2O/c1-3-4-5-7-21-9-11-22(12-10-21)8-6-17-28-24-15-13-23(14-16-24)25-19-26-20(2)18-27-25/h13-16,18-19,21-22H,3-12,17H2,1-2H3. The van der Waals surface area contributed by atoms with Gasteiger partial charge in [0.1, 0.15) is 5.75 Å². The van der Waals surface area contributed by atoms with E-state index in [9.17, 15) is 0 Å². The molecule has 1 aliphatic rings. The molecule has 2 aromatic rings. The van der Waals surface area contributed by atoms with Crippen LogP contribution in [0.2, 0.25) is 0 Å². The zero-order valence-electron chi connectivity index (χ0n) is 17.7. The van der Waals surface area contributed by atoms with E-state index in [-0.39, 0.29) is 0 Å². The summed E-state index contributed by atoms with van der Waals surface area (Å²) in [4.78, 5) is 8.74. The minimum absolute atomic E-state index is 0.820. The van der Waals surface area contributed by atoms with Crippen LogP contribution in [0.5, 0.6) is 5.75 Å². The second-order valence-corrected chi connectivity index (χ2v) is 8.44. The highest BCUT2D eigenvalue weighted by molar-refractivity contribution is 5.58. The maximum atomic E-state index is 5.96. The Hall–Kier alpha value is -1.90. The quantitative estimate of drug-likeness (QED) is 0.416. The molecule has 3 nitrogen and oxygen atoms in total. The summed E-state index contributed by atoms with van der Waals surface area (Å²) in [6, 6.07) is 8.21. The van der Waals surface area contributed by atoms with Crippen LogP contribution < -0.4 is 4.74 Å². The van der Waals surface area contributed by atoms with Crippen molar-refractivity contribution < 1.29 is 4.74 Å². The third-order valence-electron chi connectivity index (χ3n) is 6.14. The summed E-state index contributed by atoms with van der Waals surface area (Å²) in [5.41, 5.74) is 2.92. The van der Waals surface area contributed by atoms with Crippen LogP contribution in [0.25, 0.3) is 11.3 Å². The number of hydrogen-bond donors (Lipinski definition) is 0. The Morgan fingerprint density at radius 1 is 0.857 bits per heavy atom. The monoisotopic (exact) mass is 380 g/mol. The Kier molecular flexibility index (Phi) is 8.32. The van der Waals surface area contributed by atoms with Gasteiger partial charge in [-0.25, -0.2) is 0 Å². The van der Waals surface area contributed by atoms with Gasteiger partial charge in [0.2, 0.25) is 0 Å². The number of aryl methyl sites for hydroxylation is 1. The molecular formula is C25H36N2O. The van der Waals surface area contributed by atoms with E-state index in [4.69, 9.17) is 4.74 Å². The first-order chi connectivity index (χ1) is 13.7. The van der Waals surface area contributed by atoms with Gasteiger partial charge in [-0.2, -0.15) is 0 Å². The smallest absolute Gasteiger partial charge is 0.119 e. The van der Waals surface area contributed by atoms with Crippen molar-refractivity contribution in [1.82, 2.24) is 9.97 Å². The molecule has 1 heterocycles. The second kappa shape index (κ2) is 11.2. The van der Waals surface area contributed by atoms with Gasteiger partial charge in [0.25, 0.3) is 0 Å². The maximum Gasteiger partial charge on any atom is 0.119 e. The Labute approximate surface area is 171 Å². The Bertz CT molecular complexity index is 673. The molecule has 0 N–H and O–H groups in total. The highest BCUT2D eigenvalue weighted by atomic mass is 16.5. The number of aromatic nitrogens is 2. The number of unbranched alkanes of at least 4 members (excludes halogenated alkanes) is 2. The van der Waals surface area contributed by atoms with E-state index in [1.54, 1.807) is 6.20 Å². The molecule has 3 heteroatoms. The molecule has 0 aliphatic heterocycles. The molecule has 0 spiro atoms. The summed E-state index contributed by atoms with van der Waals surface area (Å²) in [6.07, 6.45) is 17.6. The molecule has 28 heavy (non-hydrogen) atoms. The van der Waals surface area contributed by atoms with E-state index < -0.39 is 0 Å². The molecule has 0 radical (unpaired) electrons. The third kappa shape index (κ3) is 6.61. The fourth-order valence-electron chi connectivity index (χ4n) is 4.32. The third-order valence-corrected chi connectivity index (χ3v) is 6.14. The largest absolute Gasteiger partial charge is 0.494 e. The number of hydrogen-bond acceptors (Lipinski definition) is 3. The van der Waals surface area contributed by atoms with Crippen molar-refractivity contribution in [2.24, 2.45) is 11.8 Å². The molecular weight excluding hydrogens is 344 g/mol. The predicted octanol–water partition coefficient (Wildman–Crippen LogP) is 7.00. The fraction of sp³-hybridized carbons (Fsp3) is 0.600. The molecule has 3 rings (SSSR count). The molecule has 0 saturated heterocycles. The lowest BCUT2D eigenvalue weighted by molar-refractivity contribution is 0.228. The highest BCUT2D eigenvalue weighted by Gasteiger charge is 2.20. The molecule has 152 valence electrons. The summed E-state index contributed by atoms with van der Waals surface area (Å²) in [7, 11) is 0. The van der Waals surface area contributed by atoms with Gasteiger partial charge in [0, 0.05) is 11.8 Å². The molecule has 0 atom stereocenters. The van der Waals surface area contributed by atoms with Crippen LogP contribution in [-0.2, 0) is 0 Å². The van der Waals surface area contributed by atoms with E-state index in [1.165, 1.54) is 57.8 Å². The van der Waals surface area contributed by atoms with Gasteiger partial charge in [-0.05, 0) is 55.9 Å². The van der Waals surface area contributed by atoms with Crippen LogP contribution in [0.3, 0.4) is 0 Å². The summed E-state index contributed by atoms with van der Waals surface area (Å²) in [5, 5.41) is 0. The topological polar surface area (TPSA) is 35.0 Å². The van der Waals surface area contributed by atoms with Crippen LogP contribution in [0.1, 0.15) is 76.8 Å². The zero-order valence-corrected chi connectivity index (χ0v) is 17.7. The van der Waals surface area contributed by atoms with Crippen molar-refractivity contribution in [2.45, 2.75) is 78.1 Å². The zero-order chi connectivity index (χ0) is 19.6. The Balaban J connectivity index is 1.32. The van der Waals surface area contributed by atoms with Crippen molar-refractivity contribution in [3.8, 4) is 17.0 Å². The first kappa shape index (κ1) is 20.8. The van der Waals surface area contributed by atoms with Crippen LogP contribution in [0.4, 0.5) is 0 Å². The summed E-state index contributed by atoms with van der Waals surface area (Å²) in [6.45, 7) is 5.07. The van der Waals surface area contributed by atoms with Crippen molar-refractivity contribution in [2.75, 3.05) is 6.61 Å². The molecule has 1 aromatic heterocycles. The van der Waals surface area contributed by atoms with Crippen molar-refractivity contribution in [3.05, 3.63) is 42.4 Å². The average Bonchev–Trinajstić information content (AvgIpc) is 2.73. The van der Waals surface area contributed by atoms with Crippen LogP contribution in [0, 0.1) is 18.8 Å². The maximum absolute atomic E-state index is 5.96. The molecule has 0 bridgehead atoms. The number of ether oxygens (including phenoxy) is 1. The second-order valence-electron chi connectivity index (χ2n) is 8.44. The van der Waals surface area contributed by atoms with Gasteiger partial charge in [-0.1, -0.05) is 58.3 Å². The van der Waals surface area contributed by atoms with E-state index in [0.29, 0.717) is 0 Å². The average molecular weight is 381 g/mol. The van der Waals surface area contributed by atoms with Gasteiger partial charge < -0.3 is 4.74 Å².